The van der Waals surface area contributed by atoms with Gasteiger partial charge in [-0.15, -0.1) is 0 Å². The molecule has 0 saturated carbocycles. The highest BCUT2D eigenvalue weighted by molar-refractivity contribution is 4.50. The molecular formula is C9H20F2N2. The molecule has 2 nitrogen and oxygen atoms in total. The minimum Gasteiger partial charge on any atom is -0.330 e. The highest BCUT2D eigenvalue weighted by atomic mass is 19.3. The van der Waals surface area contributed by atoms with Crippen LogP contribution in [0.15, 0.2) is 0 Å². The lowest BCUT2D eigenvalue weighted by molar-refractivity contribution is 0.146. The van der Waals surface area contributed by atoms with E-state index in [1.807, 2.05) is 0 Å². The third-order valence-corrected chi connectivity index (χ3v) is 1.86. The van der Waals surface area contributed by atoms with Gasteiger partial charge in [-0.2, -0.15) is 0 Å². The van der Waals surface area contributed by atoms with Crippen LogP contribution in [0.1, 0.15) is 32.1 Å². The summed E-state index contributed by atoms with van der Waals surface area (Å²) in [5.74, 6) is 0. The monoisotopic (exact) mass is 194 g/mol. The van der Waals surface area contributed by atoms with Crippen molar-refractivity contribution < 1.29 is 8.78 Å². The zero-order chi connectivity index (χ0) is 9.94. The molecule has 13 heavy (non-hydrogen) atoms. The van der Waals surface area contributed by atoms with Crippen LogP contribution in [0.4, 0.5) is 8.78 Å². The van der Waals surface area contributed by atoms with Gasteiger partial charge in [-0.3, -0.25) is 0 Å². The van der Waals surface area contributed by atoms with Gasteiger partial charge in [-0.1, -0.05) is 19.3 Å². The Bertz CT molecular complexity index is 99.6. The van der Waals surface area contributed by atoms with E-state index in [-0.39, 0.29) is 6.54 Å². The van der Waals surface area contributed by atoms with E-state index in [4.69, 9.17) is 5.73 Å². The average molecular weight is 194 g/mol. The van der Waals surface area contributed by atoms with Crippen LogP contribution in [0.5, 0.6) is 0 Å². The minimum atomic E-state index is -2.22. The van der Waals surface area contributed by atoms with Gasteiger partial charge in [0.15, 0.2) is 0 Å². The summed E-state index contributed by atoms with van der Waals surface area (Å²) >= 11 is 0. The van der Waals surface area contributed by atoms with Crippen LogP contribution in [-0.2, 0) is 0 Å². The van der Waals surface area contributed by atoms with Crippen molar-refractivity contribution in [3.63, 3.8) is 0 Å². The van der Waals surface area contributed by atoms with Crippen LogP contribution in [0.3, 0.4) is 0 Å². The number of nitrogens with one attached hydrogen (secondary N) is 1. The standard InChI is InChI=1S/C9H20F2N2/c10-9(11)8-13-7-5-3-1-2-4-6-12/h9,13H,1-8,12H2. The van der Waals surface area contributed by atoms with Gasteiger partial charge < -0.3 is 11.1 Å². The van der Waals surface area contributed by atoms with E-state index in [2.05, 4.69) is 5.32 Å². The number of hydrogen-bond acceptors (Lipinski definition) is 2. The first-order valence-electron chi connectivity index (χ1n) is 4.96. The number of nitrogens with two attached hydrogens (primary N) is 1. The topological polar surface area (TPSA) is 38.0 Å². The summed E-state index contributed by atoms with van der Waals surface area (Å²) in [7, 11) is 0. The van der Waals surface area contributed by atoms with Crippen LogP contribution >= 0.6 is 0 Å². The molecule has 0 saturated heterocycles. The Kier molecular flexibility index (Phi) is 9.70. The first-order valence-corrected chi connectivity index (χ1v) is 4.96. The zero-order valence-corrected chi connectivity index (χ0v) is 8.07. The van der Waals surface area contributed by atoms with E-state index >= 15 is 0 Å². The van der Waals surface area contributed by atoms with E-state index in [1.165, 1.54) is 0 Å². The summed E-state index contributed by atoms with van der Waals surface area (Å²) < 4.78 is 23.3. The van der Waals surface area contributed by atoms with E-state index in [0.717, 1.165) is 38.6 Å². The minimum absolute atomic E-state index is 0.178. The molecule has 0 spiro atoms. The molecule has 0 atom stereocenters. The Hall–Kier alpha value is -0.220. The van der Waals surface area contributed by atoms with Gasteiger partial charge in [0.05, 0.1) is 6.54 Å². The van der Waals surface area contributed by atoms with Gasteiger partial charge in [-0.25, -0.2) is 8.78 Å². The second kappa shape index (κ2) is 9.86. The summed E-state index contributed by atoms with van der Waals surface area (Å²) in [6, 6.07) is 0. The van der Waals surface area contributed by atoms with Crippen molar-refractivity contribution in [2.24, 2.45) is 5.73 Å². The van der Waals surface area contributed by atoms with Crippen molar-refractivity contribution in [1.82, 2.24) is 5.32 Å². The highest BCUT2D eigenvalue weighted by Crippen LogP contribution is 2.01. The lowest BCUT2D eigenvalue weighted by Gasteiger charge is -2.03. The van der Waals surface area contributed by atoms with Gasteiger partial charge in [0.1, 0.15) is 0 Å². The van der Waals surface area contributed by atoms with Gasteiger partial charge in [0.25, 0.3) is 6.43 Å². The fraction of sp³-hybridized carbons (Fsp3) is 1.00. The maximum Gasteiger partial charge on any atom is 0.250 e. The van der Waals surface area contributed by atoms with E-state index < -0.39 is 6.43 Å². The zero-order valence-electron chi connectivity index (χ0n) is 8.07. The maximum atomic E-state index is 11.6. The molecular weight excluding hydrogens is 174 g/mol. The fourth-order valence-electron chi connectivity index (χ4n) is 1.14. The molecule has 0 aromatic rings. The molecule has 0 aromatic carbocycles. The van der Waals surface area contributed by atoms with Crippen LogP contribution in [0.2, 0.25) is 0 Å². The summed E-state index contributed by atoms with van der Waals surface area (Å²) in [5.41, 5.74) is 5.33. The van der Waals surface area contributed by atoms with Crippen molar-refractivity contribution in [2.75, 3.05) is 19.6 Å². The maximum absolute atomic E-state index is 11.6. The third-order valence-electron chi connectivity index (χ3n) is 1.86. The number of alkyl halides is 2. The molecule has 0 unspecified atom stereocenters. The normalized spacial score (nSPS) is 11.1. The largest absolute Gasteiger partial charge is 0.330 e. The Balaban J connectivity index is 2.84. The second-order valence-electron chi connectivity index (χ2n) is 3.15. The molecule has 4 heteroatoms. The SMILES string of the molecule is NCCCCCCCNCC(F)F. The molecule has 0 aliphatic carbocycles. The Morgan fingerprint density at radius 2 is 1.62 bits per heavy atom. The van der Waals surface area contributed by atoms with Crippen LogP contribution in [0.25, 0.3) is 0 Å². The molecule has 3 N–H and O–H groups in total. The molecule has 0 aliphatic rings. The second-order valence-corrected chi connectivity index (χ2v) is 3.15. The predicted octanol–water partition coefficient (Wildman–Crippen LogP) is 1.75. The lowest BCUT2D eigenvalue weighted by atomic mass is 10.1. The smallest absolute Gasteiger partial charge is 0.250 e. The fourth-order valence-corrected chi connectivity index (χ4v) is 1.14. The van der Waals surface area contributed by atoms with E-state index in [9.17, 15) is 8.78 Å². The molecule has 0 bridgehead atoms. The van der Waals surface area contributed by atoms with E-state index in [1.54, 1.807) is 0 Å². The van der Waals surface area contributed by atoms with Crippen LogP contribution < -0.4 is 11.1 Å². The number of rotatable bonds is 9. The molecule has 0 amide bonds. The molecule has 0 heterocycles. The van der Waals surface area contributed by atoms with Crippen molar-refractivity contribution in [3.8, 4) is 0 Å². The lowest BCUT2D eigenvalue weighted by Crippen LogP contribution is -2.22. The Morgan fingerprint density at radius 3 is 2.23 bits per heavy atom. The third kappa shape index (κ3) is 11.8. The summed E-state index contributed by atoms with van der Waals surface area (Å²) in [6.45, 7) is 1.28. The number of hydrogen-bond donors (Lipinski definition) is 2. The quantitative estimate of drug-likeness (QED) is 0.549. The first-order chi connectivity index (χ1) is 6.27. The van der Waals surface area contributed by atoms with Crippen LogP contribution in [-0.4, -0.2) is 26.1 Å². The summed E-state index contributed by atoms with van der Waals surface area (Å²) in [4.78, 5) is 0. The van der Waals surface area contributed by atoms with Crippen molar-refractivity contribution in [2.45, 2.75) is 38.5 Å². The van der Waals surface area contributed by atoms with Crippen molar-refractivity contribution in [1.29, 1.82) is 0 Å². The molecule has 80 valence electrons. The molecule has 0 fully saturated rings. The average Bonchev–Trinajstić information content (AvgIpc) is 2.09. The highest BCUT2D eigenvalue weighted by Gasteiger charge is 1.99. The summed E-state index contributed by atoms with van der Waals surface area (Å²) in [5, 5.41) is 2.70. The molecule has 0 rings (SSSR count). The Morgan fingerprint density at radius 1 is 1.00 bits per heavy atom. The van der Waals surface area contributed by atoms with Crippen molar-refractivity contribution >= 4 is 0 Å². The number of halogens is 2. The van der Waals surface area contributed by atoms with Crippen LogP contribution in [0, 0.1) is 0 Å². The predicted molar refractivity (Wildman–Crippen MR) is 51.0 cm³/mol. The molecule has 0 aromatic heterocycles. The molecule has 0 aliphatic heterocycles. The van der Waals surface area contributed by atoms with Gasteiger partial charge in [-0.05, 0) is 25.9 Å². The number of unbranched alkanes of at least 4 members (excludes halogenated alkanes) is 4. The van der Waals surface area contributed by atoms with Gasteiger partial charge in [0.2, 0.25) is 0 Å². The van der Waals surface area contributed by atoms with Crippen molar-refractivity contribution in [3.05, 3.63) is 0 Å². The Labute approximate surface area is 78.9 Å². The van der Waals surface area contributed by atoms with E-state index in [0.29, 0.717) is 6.54 Å². The first kappa shape index (κ1) is 12.8. The van der Waals surface area contributed by atoms with Gasteiger partial charge >= 0.3 is 0 Å². The molecule has 0 radical (unpaired) electrons. The summed E-state index contributed by atoms with van der Waals surface area (Å²) in [6.07, 6.45) is 3.26. The van der Waals surface area contributed by atoms with Gasteiger partial charge in [0, 0.05) is 0 Å².